The van der Waals surface area contributed by atoms with E-state index in [1.54, 1.807) is 11.4 Å². The first-order valence-corrected chi connectivity index (χ1v) is 7.45. The smallest absolute Gasteiger partial charge is 0.273 e. The SMILES string of the molecule is N[C@H]1CC[C@@H](Cc2noc(-c3ccsc3C(F)F)n2)C1. The number of nitrogens with zero attached hydrogens (tertiary/aromatic N) is 2. The Kier molecular flexibility index (Phi) is 3.80. The largest absolute Gasteiger partial charge is 0.334 e. The molecule has 2 aromatic heterocycles. The number of hydrogen-bond acceptors (Lipinski definition) is 5. The van der Waals surface area contributed by atoms with Crippen LogP contribution in [0.3, 0.4) is 0 Å². The number of hydrogen-bond donors (Lipinski definition) is 1. The van der Waals surface area contributed by atoms with Gasteiger partial charge >= 0.3 is 0 Å². The van der Waals surface area contributed by atoms with Crippen LogP contribution in [0.15, 0.2) is 16.0 Å². The number of aromatic nitrogens is 2. The fraction of sp³-hybridized carbons (Fsp3) is 0.538. The summed E-state index contributed by atoms with van der Waals surface area (Å²) < 4.78 is 30.8. The van der Waals surface area contributed by atoms with Gasteiger partial charge in [0.15, 0.2) is 5.82 Å². The molecule has 0 aliphatic heterocycles. The summed E-state index contributed by atoms with van der Waals surface area (Å²) in [6.07, 6.45) is 1.23. The Labute approximate surface area is 119 Å². The molecule has 108 valence electrons. The summed E-state index contributed by atoms with van der Waals surface area (Å²) in [4.78, 5) is 4.21. The minimum Gasteiger partial charge on any atom is -0.334 e. The van der Waals surface area contributed by atoms with E-state index in [1.807, 2.05) is 0 Å². The molecule has 0 spiro atoms. The molecular weight excluding hydrogens is 284 g/mol. The minimum atomic E-state index is -2.52. The molecule has 0 saturated heterocycles. The van der Waals surface area contributed by atoms with Crippen LogP contribution in [0.4, 0.5) is 8.78 Å². The molecule has 0 unspecified atom stereocenters. The van der Waals surface area contributed by atoms with Gasteiger partial charge in [-0.25, -0.2) is 8.78 Å². The van der Waals surface area contributed by atoms with Crippen LogP contribution in [0.2, 0.25) is 0 Å². The van der Waals surface area contributed by atoms with Crippen molar-refractivity contribution in [3.63, 3.8) is 0 Å². The van der Waals surface area contributed by atoms with Crippen LogP contribution in [0.1, 0.15) is 36.4 Å². The molecule has 0 amide bonds. The van der Waals surface area contributed by atoms with Crippen molar-refractivity contribution in [1.29, 1.82) is 0 Å². The maximum Gasteiger partial charge on any atom is 0.273 e. The molecule has 7 heteroatoms. The highest BCUT2D eigenvalue weighted by atomic mass is 32.1. The lowest BCUT2D eigenvalue weighted by Crippen LogP contribution is -2.15. The highest BCUT2D eigenvalue weighted by Gasteiger charge is 2.25. The van der Waals surface area contributed by atoms with E-state index in [1.165, 1.54) is 0 Å². The average molecular weight is 299 g/mol. The second-order valence-corrected chi connectivity index (χ2v) is 6.11. The van der Waals surface area contributed by atoms with Crippen LogP contribution in [-0.2, 0) is 6.42 Å². The van der Waals surface area contributed by atoms with Crippen molar-refractivity contribution in [3.8, 4) is 11.5 Å². The predicted octanol–water partition coefficient (Wildman–Crippen LogP) is 3.41. The van der Waals surface area contributed by atoms with Gasteiger partial charge in [-0.15, -0.1) is 11.3 Å². The molecule has 0 bridgehead atoms. The van der Waals surface area contributed by atoms with Gasteiger partial charge in [0.25, 0.3) is 12.3 Å². The highest BCUT2D eigenvalue weighted by molar-refractivity contribution is 7.10. The van der Waals surface area contributed by atoms with Crippen LogP contribution >= 0.6 is 11.3 Å². The zero-order valence-corrected chi connectivity index (χ0v) is 11.6. The van der Waals surface area contributed by atoms with Gasteiger partial charge in [-0.05, 0) is 36.6 Å². The van der Waals surface area contributed by atoms with Crippen LogP contribution < -0.4 is 5.73 Å². The fourth-order valence-electron chi connectivity index (χ4n) is 2.67. The fourth-order valence-corrected chi connectivity index (χ4v) is 3.41. The predicted molar refractivity (Wildman–Crippen MR) is 71.6 cm³/mol. The quantitative estimate of drug-likeness (QED) is 0.939. The van der Waals surface area contributed by atoms with E-state index in [9.17, 15) is 8.78 Å². The normalized spacial score (nSPS) is 22.8. The molecule has 0 aromatic carbocycles. The second-order valence-electron chi connectivity index (χ2n) is 5.16. The summed E-state index contributed by atoms with van der Waals surface area (Å²) in [5.41, 5.74) is 6.21. The summed E-state index contributed by atoms with van der Waals surface area (Å²) in [5.74, 6) is 1.22. The Hall–Kier alpha value is -1.34. The molecule has 2 atom stereocenters. The van der Waals surface area contributed by atoms with Crippen LogP contribution in [-0.4, -0.2) is 16.2 Å². The molecule has 2 N–H and O–H groups in total. The molecule has 0 radical (unpaired) electrons. The third kappa shape index (κ3) is 2.73. The third-order valence-electron chi connectivity index (χ3n) is 3.64. The second kappa shape index (κ2) is 5.57. The van der Waals surface area contributed by atoms with Crippen molar-refractivity contribution in [3.05, 3.63) is 22.1 Å². The van der Waals surface area contributed by atoms with Crippen molar-refractivity contribution >= 4 is 11.3 Å². The third-order valence-corrected chi connectivity index (χ3v) is 4.57. The number of nitrogens with two attached hydrogens (primary N) is 1. The van der Waals surface area contributed by atoms with E-state index in [2.05, 4.69) is 10.1 Å². The number of alkyl halides is 2. The van der Waals surface area contributed by atoms with E-state index in [0.717, 1.165) is 30.6 Å². The minimum absolute atomic E-state index is 0.0249. The van der Waals surface area contributed by atoms with Gasteiger partial charge in [0.1, 0.15) is 0 Å². The molecule has 2 heterocycles. The summed E-state index contributed by atoms with van der Waals surface area (Å²) in [6, 6.07) is 1.85. The number of halogens is 2. The van der Waals surface area contributed by atoms with Crippen LogP contribution in [0.5, 0.6) is 0 Å². The average Bonchev–Trinajstić information content (AvgIpc) is 3.09. The molecule has 1 fully saturated rings. The Morgan fingerprint density at radius 2 is 2.30 bits per heavy atom. The summed E-state index contributed by atoms with van der Waals surface area (Å²) in [6.45, 7) is 0. The number of rotatable bonds is 4. The Morgan fingerprint density at radius 3 is 3.00 bits per heavy atom. The molecule has 4 nitrogen and oxygen atoms in total. The van der Waals surface area contributed by atoms with E-state index < -0.39 is 6.43 Å². The lowest BCUT2D eigenvalue weighted by atomic mass is 10.0. The summed E-state index contributed by atoms with van der Waals surface area (Å²) in [5, 5.41) is 5.50. The number of thiophene rings is 1. The first-order chi connectivity index (χ1) is 9.63. The lowest BCUT2D eigenvalue weighted by molar-refractivity contribution is 0.156. The molecule has 1 aliphatic rings. The molecule has 20 heavy (non-hydrogen) atoms. The maximum absolute atomic E-state index is 12.8. The van der Waals surface area contributed by atoms with Gasteiger partial charge < -0.3 is 10.3 Å². The zero-order chi connectivity index (χ0) is 14.1. The first-order valence-electron chi connectivity index (χ1n) is 6.57. The van der Waals surface area contributed by atoms with Crippen molar-refractivity contribution in [2.24, 2.45) is 11.7 Å². The van der Waals surface area contributed by atoms with E-state index >= 15 is 0 Å². The topological polar surface area (TPSA) is 64.9 Å². The molecular formula is C13H15F2N3OS. The van der Waals surface area contributed by atoms with Gasteiger partial charge in [0.05, 0.1) is 10.4 Å². The molecule has 1 aliphatic carbocycles. The van der Waals surface area contributed by atoms with Crippen LogP contribution in [0, 0.1) is 5.92 Å². The molecule has 3 rings (SSSR count). The van der Waals surface area contributed by atoms with Gasteiger partial charge in [0.2, 0.25) is 0 Å². The molecule has 2 aromatic rings. The Balaban J connectivity index is 1.75. The Bertz CT molecular complexity index is 584. The van der Waals surface area contributed by atoms with Gasteiger partial charge in [-0.2, -0.15) is 4.98 Å². The van der Waals surface area contributed by atoms with E-state index in [-0.39, 0.29) is 16.8 Å². The van der Waals surface area contributed by atoms with E-state index in [0.29, 0.717) is 23.7 Å². The van der Waals surface area contributed by atoms with E-state index in [4.69, 9.17) is 10.3 Å². The summed E-state index contributed by atoms with van der Waals surface area (Å²) in [7, 11) is 0. The monoisotopic (exact) mass is 299 g/mol. The maximum atomic E-state index is 12.8. The van der Waals surface area contributed by atoms with Crippen molar-refractivity contribution in [2.75, 3.05) is 0 Å². The van der Waals surface area contributed by atoms with Gasteiger partial charge in [-0.1, -0.05) is 5.16 Å². The standard InChI is InChI=1S/C13H15F2N3OS/c14-12(15)11-9(3-4-20-11)13-17-10(18-19-13)6-7-1-2-8(16)5-7/h3-4,7-8,12H,1-2,5-6,16H2/t7-,8+/m1/s1. The van der Waals surface area contributed by atoms with Gasteiger partial charge in [-0.3, -0.25) is 0 Å². The van der Waals surface area contributed by atoms with Crippen molar-refractivity contribution < 1.29 is 13.3 Å². The summed E-state index contributed by atoms with van der Waals surface area (Å²) >= 11 is 1.00. The van der Waals surface area contributed by atoms with Crippen molar-refractivity contribution in [2.45, 2.75) is 38.2 Å². The Morgan fingerprint density at radius 1 is 1.45 bits per heavy atom. The zero-order valence-electron chi connectivity index (χ0n) is 10.8. The van der Waals surface area contributed by atoms with Gasteiger partial charge in [0, 0.05) is 12.5 Å². The highest BCUT2D eigenvalue weighted by Crippen LogP contribution is 2.35. The molecule has 1 saturated carbocycles. The van der Waals surface area contributed by atoms with Crippen LogP contribution in [0.25, 0.3) is 11.5 Å². The lowest BCUT2D eigenvalue weighted by Gasteiger charge is -2.04. The first kappa shape index (κ1) is 13.6. The van der Waals surface area contributed by atoms with Crippen molar-refractivity contribution in [1.82, 2.24) is 10.1 Å².